The third-order valence-electron chi connectivity index (χ3n) is 4.67. The number of phenols is 1. The van der Waals surface area contributed by atoms with Crippen LogP contribution in [0.1, 0.15) is 18.5 Å². The number of aromatic nitrogens is 3. The fourth-order valence-electron chi connectivity index (χ4n) is 3.38. The Kier molecular flexibility index (Phi) is 4.23. The highest BCUT2D eigenvalue weighted by atomic mass is 16.6. The molecular formula is C19H16N6O4. The molecule has 0 spiro atoms. The minimum atomic E-state index is -0.913. The van der Waals surface area contributed by atoms with E-state index in [-0.39, 0.29) is 22.6 Å². The van der Waals surface area contributed by atoms with Crippen LogP contribution >= 0.6 is 0 Å². The molecule has 1 amide bonds. The first-order valence-electron chi connectivity index (χ1n) is 8.63. The summed E-state index contributed by atoms with van der Waals surface area (Å²) in [5, 5.41) is 28.5. The number of carbonyl (C=O) groups excluding carboxylic acids is 1. The van der Waals surface area contributed by atoms with Gasteiger partial charge in [-0.2, -0.15) is 4.98 Å². The minimum absolute atomic E-state index is 0.0992. The van der Waals surface area contributed by atoms with Crippen molar-refractivity contribution in [2.24, 2.45) is 5.73 Å². The predicted molar refractivity (Wildman–Crippen MR) is 104 cm³/mol. The van der Waals surface area contributed by atoms with E-state index in [0.717, 1.165) is 0 Å². The summed E-state index contributed by atoms with van der Waals surface area (Å²) in [6.45, 7) is 1.65. The van der Waals surface area contributed by atoms with E-state index in [9.17, 15) is 20.0 Å². The molecule has 0 fully saturated rings. The number of nitrogens with one attached hydrogen (secondary N) is 1. The molecule has 146 valence electrons. The fourth-order valence-corrected chi connectivity index (χ4v) is 3.38. The zero-order valence-corrected chi connectivity index (χ0v) is 15.2. The number of carbonyl (C=O) groups is 1. The molecule has 0 bridgehead atoms. The molecule has 10 nitrogen and oxygen atoms in total. The molecule has 0 radical (unpaired) electrons. The third kappa shape index (κ3) is 3.06. The number of nitrogens with zero attached hydrogens (tertiary/aromatic N) is 4. The summed E-state index contributed by atoms with van der Waals surface area (Å²) in [6, 6.07) is 11.5. The van der Waals surface area contributed by atoms with Crippen LogP contribution in [0.5, 0.6) is 5.75 Å². The van der Waals surface area contributed by atoms with Crippen molar-refractivity contribution in [3.63, 3.8) is 0 Å². The lowest BCUT2D eigenvalue weighted by atomic mass is 9.94. The molecule has 3 aromatic rings. The van der Waals surface area contributed by atoms with Gasteiger partial charge in [0.25, 0.3) is 5.69 Å². The maximum atomic E-state index is 12.2. The van der Waals surface area contributed by atoms with Gasteiger partial charge in [0.05, 0.1) is 16.1 Å². The molecule has 2 heterocycles. The van der Waals surface area contributed by atoms with Crippen molar-refractivity contribution in [3.05, 3.63) is 75.5 Å². The lowest BCUT2D eigenvalue weighted by Crippen LogP contribution is -2.32. The van der Waals surface area contributed by atoms with Gasteiger partial charge in [0, 0.05) is 17.3 Å². The summed E-state index contributed by atoms with van der Waals surface area (Å²) in [6.07, 6.45) is 0. The Morgan fingerprint density at radius 1 is 1.24 bits per heavy atom. The molecule has 1 aliphatic heterocycles. The zero-order valence-electron chi connectivity index (χ0n) is 15.2. The fraction of sp³-hybridized carbons (Fsp3) is 0.105. The monoisotopic (exact) mass is 392 g/mol. The zero-order chi connectivity index (χ0) is 20.7. The molecule has 1 aromatic heterocycles. The van der Waals surface area contributed by atoms with Gasteiger partial charge in [0.15, 0.2) is 5.82 Å². The molecule has 1 unspecified atom stereocenters. The van der Waals surface area contributed by atoms with Crippen molar-refractivity contribution in [2.75, 3.05) is 5.32 Å². The summed E-state index contributed by atoms with van der Waals surface area (Å²) >= 11 is 0. The van der Waals surface area contributed by atoms with Gasteiger partial charge in [0.2, 0.25) is 11.9 Å². The average Bonchev–Trinajstić information content (AvgIpc) is 3.10. The van der Waals surface area contributed by atoms with E-state index in [1.54, 1.807) is 37.3 Å². The Labute approximate surface area is 164 Å². The van der Waals surface area contributed by atoms with Crippen molar-refractivity contribution < 1.29 is 14.8 Å². The van der Waals surface area contributed by atoms with Gasteiger partial charge in [0.1, 0.15) is 11.8 Å². The van der Waals surface area contributed by atoms with Gasteiger partial charge >= 0.3 is 0 Å². The molecular weight excluding hydrogens is 376 g/mol. The molecule has 10 heteroatoms. The van der Waals surface area contributed by atoms with Gasteiger partial charge in [-0.05, 0) is 37.3 Å². The van der Waals surface area contributed by atoms with Crippen LogP contribution in [0, 0.1) is 10.1 Å². The van der Waals surface area contributed by atoms with E-state index in [1.807, 2.05) is 0 Å². The summed E-state index contributed by atoms with van der Waals surface area (Å²) in [4.78, 5) is 27.7. The summed E-state index contributed by atoms with van der Waals surface area (Å²) in [5.74, 6) is 0.0287. The largest absolute Gasteiger partial charge is 0.508 e. The van der Waals surface area contributed by atoms with Crippen LogP contribution in [0.3, 0.4) is 0 Å². The molecule has 0 saturated carbocycles. The van der Waals surface area contributed by atoms with Gasteiger partial charge in [-0.25, -0.2) is 4.68 Å². The first kappa shape index (κ1) is 18.2. The topological polar surface area (TPSA) is 149 Å². The second kappa shape index (κ2) is 6.75. The number of para-hydroxylation sites is 1. The van der Waals surface area contributed by atoms with Crippen LogP contribution in [0.25, 0.3) is 11.4 Å². The van der Waals surface area contributed by atoms with Crippen LogP contribution in [0.2, 0.25) is 0 Å². The SMILES string of the molecule is CC1=C(C(N)=O)C(c2ccccc2[N+](=O)[O-])n2nc(-c3ccc(O)cc3)nc2N1. The molecule has 1 aliphatic rings. The molecule has 4 rings (SSSR count). The number of fused-ring (bicyclic) bond motifs is 1. The van der Waals surface area contributed by atoms with E-state index >= 15 is 0 Å². The van der Waals surface area contributed by atoms with Crippen LogP contribution < -0.4 is 11.1 Å². The summed E-state index contributed by atoms with van der Waals surface area (Å²) in [5.41, 5.74) is 6.96. The Hall–Kier alpha value is -4.21. The maximum absolute atomic E-state index is 12.2. The number of rotatable bonds is 4. The Bertz CT molecular complexity index is 1170. The first-order valence-corrected chi connectivity index (χ1v) is 8.63. The van der Waals surface area contributed by atoms with Gasteiger partial charge in [-0.3, -0.25) is 14.9 Å². The maximum Gasteiger partial charge on any atom is 0.275 e. The van der Waals surface area contributed by atoms with Gasteiger partial charge < -0.3 is 16.2 Å². The number of anilines is 1. The predicted octanol–water partition coefficient (Wildman–Crippen LogP) is 2.33. The van der Waals surface area contributed by atoms with E-state index in [4.69, 9.17) is 5.73 Å². The molecule has 29 heavy (non-hydrogen) atoms. The minimum Gasteiger partial charge on any atom is -0.508 e. The summed E-state index contributed by atoms with van der Waals surface area (Å²) < 4.78 is 1.41. The van der Waals surface area contributed by atoms with Crippen LogP contribution in [0.15, 0.2) is 59.8 Å². The first-order chi connectivity index (χ1) is 13.9. The number of nitro groups is 1. The van der Waals surface area contributed by atoms with E-state index < -0.39 is 16.9 Å². The highest BCUT2D eigenvalue weighted by Crippen LogP contribution is 2.39. The number of amides is 1. The van der Waals surface area contributed by atoms with Gasteiger partial charge in [-0.15, -0.1) is 5.10 Å². The number of benzene rings is 2. The average molecular weight is 392 g/mol. The second-order valence-corrected chi connectivity index (χ2v) is 6.50. The van der Waals surface area contributed by atoms with Crippen LogP contribution in [0.4, 0.5) is 11.6 Å². The van der Waals surface area contributed by atoms with E-state index in [2.05, 4.69) is 15.4 Å². The molecule has 2 aromatic carbocycles. The van der Waals surface area contributed by atoms with Crippen molar-refractivity contribution in [2.45, 2.75) is 13.0 Å². The molecule has 0 saturated heterocycles. The molecule has 4 N–H and O–H groups in total. The number of hydrogen-bond donors (Lipinski definition) is 3. The second-order valence-electron chi connectivity index (χ2n) is 6.50. The lowest BCUT2D eigenvalue weighted by molar-refractivity contribution is -0.385. The number of nitrogens with two attached hydrogens (primary N) is 1. The number of allylic oxidation sites excluding steroid dienone is 1. The van der Waals surface area contributed by atoms with Crippen LogP contribution in [-0.2, 0) is 4.79 Å². The van der Waals surface area contributed by atoms with Gasteiger partial charge in [-0.1, -0.05) is 12.1 Å². The quantitative estimate of drug-likeness (QED) is 0.455. The highest BCUT2D eigenvalue weighted by Gasteiger charge is 2.36. The highest BCUT2D eigenvalue weighted by molar-refractivity contribution is 5.95. The third-order valence-corrected chi connectivity index (χ3v) is 4.67. The molecule has 0 aliphatic carbocycles. The van der Waals surface area contributed by atoms with Crippen LogP contribution in [-0.4, -0.2) is 30.7 Å². The van der Waals surface area contributed by atoms with Crippen molar-refractivity contribution >= 4 is 17.5 Å². The van der Waals surface area contributed by atoms with Crippen molar-refractivity contribution in [1.29, 1.82) is 0 Å². The van der Waals surface area contributed by atoms with E-state index in [1.165, 1.54) is 22.9 Å². The standard InChI is InChI=1S/C19H16N6O4/c1-10-15(17(20)27)16(13-4-2-3-5-14(13)25(28)29)24-19(21-10)22-18(23-24)11-6-8-12(26)9-7-11/h2-9,16,26H,1H3,(H2,20,27)(H,21,22,23). The Morgan fingerprint density at radius 3 is 2.59 bits per heavy atom. The Morgan fingerprint density at radius 2 is 1.93 bits per heavy atom. The smallest absolute Gasteiger partial charge is 0.275 e. The number of phenolic OH excluding ortho intramolecular Hbond substituents is 1. The summed E-state index contributed by atoms with van der Waals surface area (Å²) in [7, 11) is 0. The van der Waals surface area contributed by atoms with E-state index in [0.29, 0.717) is 23.0 Å². The number of hydrogen-bond acceptors (Lipinski definition) is 7. The number of aromatic hydroxyl groups is 1. The Balaban J connectivity index is 1.93. The lowest BCUT2D eigenvalue weighted by Gasteiger charge is -2.27. The van der Waals surface area contributed by atoms with Crippen molar-refractivity contribution in [1.82, 2.24) is 14.8 Å². The van der Waals surface area contributed by atoms with Crippen molar-refractivity contribution in [3.8, 4) is 17.1 Å². The molecule has 1 atom stereocenters. The number of nitro benzene ring substituents is 1. The number of primary amides is 1. The normalized spacial score (nSPS) is 15.6.